The Bertz CT molecular complexity index is 437. The van der Waals surface area contributed by atoms with Crippen LogP contribution in [0, 0.1) is 5.92 Å². The van der Waals surface area contributed by atoms with Crippen molar-refractivity contribution in [3.8, 4) is 0 Å². The SMILES string of the molecule is CC(C)CN=C(N)SCCSc1cc(Cl)ccc1Cl. The molecule has 0 saturated heterocycles. The topological polar surface area (TPSA) is 38.4 Å². The average molecular weight is 337 g/mol. The number of hydrogen-bond acceptors (Lipinski definition) is 3. The third kappa shape index (κ3) is 7.35. The predicted octanol–water partition coefficient (Wildman–Crippen LogP) is 4.79. The normalized spacial score (nSPS) is 12.2. The number of aliphatic imine (C=N–C) groups is 1. The number of nitrogens with zero attached hydrogens (tertiary/aromatic N) is 1. The highest BCUT2D eigenvalue weighted by Crippen LogP contribution is 2.30. The molecule has 0 bridgehead atoms. The number of hydrogen-bond donors (Lipinski definition) is 1. The van der Waals surface area contributed by atoms with E-state index in [4.69, 9.17) is 28.9 Å². The van der Waals surface area contributed by atoms with Crippen LogP contribution in [0.3, 0.4) is 0 Å². The van der Waals surface area contributed by atoms with Crippen molar-refractivity contribution in [2.24, 2.45) is 16.6 Å². The van der Waals surface area contributed by atoms with Gasteiger partial charge < -0.3 is 5.73 Å². The summed E-state index contributed by atoms with van der Waals surface area (Å²) >= 11 is 15.3. The molecule has 0 spiro atoms. The molecule has 6 heteroatoms. The van der Waals surface area contributed by atoms with Crippen molar-refractivity contribution >= 4 is 51.9 Å². The summed E-state index contributed by atoms with van der Waals surface area (Å²) in [5.74, 6) is 2.36. The van der Waals surface area contributed by atoms with Gasteiger partial charge in [-0.05, 0) is 24.1 Å². The zero-order valence-electron chi connectivity index (χ0n) is 11.0. The smallest absolute Gasteiger partial charge is 0.153 e. The maximum Gasteiger partial charge on any atom is 0.153 e. The van der Waals surface area contributed by atoms with Crippen molar-refractivity contribution in [1.82, 2.24) is 0 Å². The van der Waals surface area contributed by atoms with Crippen LogP contribution in [0.4, 0.5) is 0 Å². The van der Waals surface area contributed by atoms with E-state index in [1.54, 1.807) is 29.6 Å². The zero-order valence-corrected chi connectivity index (χ0v) is 14.2. The van der Waals surface area contributed by atoms with Gasteiger partial charge in [0, 0.05) is 28.0 Å². The lowest BCUT2D eigenvalue weighted by Crippen LogP contribution is -2.10. The molecule has 0 aliphatic rings. The third-order valence-electron chi connectivity index (χ3n) is 2.10. The molecular weight excluding hydrogens is 319 g/mol. The second-order valence-electron chi connectivity index (χ2n) is 4.34. The van der Waals surface area contributed by atoms with E-state index in [0.717, 1.165) is 28.0 Å². The van der Waals surface area contributed by atoms with E-state index < -0.39 is 0 Å². The first kappa shape index (κ1) is 17.0. The van der Waals surface area contributed by atoms with Crippen LogP contribution in [0.1, 0.15) is 13.8 Å². The van der Waals surface area contributed by atoms with Crippen LogP contribution in [0.15, 0.2) is 28.1 Å². The maximum atomic E-state index is 6.09. The quantitative estimate of drug-likeness (QED) is 0.351. The summed E-state index contributed by atoms with van der Waals surface area (Å²) < 4.78 is 0. The van der Waals surface area contributed by atoms with E-state index in [1.807, 2.05) is 12.1 Å². The van der Waals surface area contributed by atoms with Gasteiger partial charge in [0.05, 0.1) is 5.02 Å². The molecule has 19 heavy (non-hydrogen) atoms. The number of nitrogens with two attached hydrogens (primary N) is 1. The molecule has 0 atom stereocenters. The van der Waals surface area contributed by atoms with Gasteiger partial charge >= 0.3 is 0 Å². The van der Waals surface area contributed by atoms with Crippen molar-refractivity contribution in [2.75, 3.05) is 18.1 Å². The molecule has 2 N–H and O–H groups in total. The fourth-order valence-corrected chi connectivity index (χ4v) is 3.40. The van der Waals surface area contributed by atoms with Gasteiger partial charge in [-0.25, -0.2) is 0 Å². The van der Waals surface area contributed by atoms with Gasteiger partial charge in [-0.2, -0.15) is 0 Å². The Hall–Kier alpha value is -0.0300. The minimum absolute atomic E-state index is 0.541. The van der Waals surface area contributed by atoms with E-state index in [2.05, 4.69) is 18.8 Å². The Morgan fingerprint density at radius 1 is 1.32 bits per heavy atom. The molecule has 0 amide bonds. The third-order valence-corrected chi connectivity index (χ3v) is 4.92. The van der Waals surface area contributed by atoms with Gasteiger partial charge in [0.15, 0.2) is 5.17 Å². The van der Waals surface area contributed by atoms with Crippen LogP contribution in [0.2, 0.25) is 10.0 Å². The molecule has 0 heterocycles. The van der Waals surface area contributed by atoms with Crippen molar-refractivity contribution in [3.63, 3.8) is 0 Å². The first-order chi connectivity index (χ1) is 8.99. The molecule has 106 valence electrons. The van der Waals surface area contributed by atoms with E-state index in [0.29, 0.717) is 16.1 Å². The molecule has 0 unspecified atom stereocenters. The molecule has 0 saturated carbocycles. The second-order valence-corrected chi connectivity index (χ2v) is 7.44. The Kier molecular flexibility index (Phi) is 8.07. The summed E-state index contributed by atoms with van der Waals surface area (Å²) in [6, 6.07) is 5.49. The number of halogens is 2. The van der Waals surface area contributed by atoms with E-state index in [-0.39, 0.29) is 0 Å². The van der Waals surface area contributed by atoms with Gasteiger partial charge in [0.1, 0.15) is 0 Å². The zero-order chi connectivity index (χ0) is 14.3. The number of rotatable bonds is 6. The summed E-state index contributed by atoms with van der Waals surface area (Å²) in [4.78, 5) is 5.31. The van der Waals surface area contributed by atoms with Crippen LogP contribution in [-0.2, 0) is 0 Å². The molecular formula is C13H18Cl2N2S2. The Morgan fingerprint density at radius 2 is 2.05 bits per heavy atom. The fraction of sp³-hybridized carbons (Fsp3) is 0.462. The molecule has 0 aromatic heterocycles. The maximum absolute atomic E-state index is 6.09. The van der Waals surface area contributed by atoms with Crippen molar-refractivity contribution in [2.45, 2.75) is 18.7 Å². The second kappa shape index (κ2) is 9.01. The van der Waals surface area contributed by atoms with Crippen molar-refractivity contribution in [3.05, 3.63) is 28.2 Å². The van der Waals surface area contributed by atoms with E-state index in [1.165, 1.54) is 0 Å². The first-order valence-corrected chi connectivity index (χ1v) is 8.72. The molecule has 2 nitrogen and oxygen atoms in total. The average Bonchev–Trinajstić information content (AvgIpc) is 2.36. The van der Waals surface area contributed by atoms with Gasteiger partial charge in [-0.15, -0.1) is 11.8 Å². The van der Waals surface area contributed by atoms with Crippen LogP contribution in [0.25, 0.3) is 0 Å². The van der Waals surface area contributed by atoms with E-state index >= 15 is 0 Å². The summed E-state index contributed by atoms with van der Waals surface area (Å²) in [5, 5.41) is 2.10. The first-order valence-electron chi connectivity index (χ1n) is 5.99. The molecule has 1 aromatic rings. The highest BCUT2D eigenvalue weighted by atomic mass is 35.5. The highest BCUT2D eigenvalue weighted by Gasteiger charge is 2.03. The van der Waals surface area contributed by atoms with Crippen LogP contribution < -0.4 is 5.73 Å². The molecule has 1 aromatic carbocycles. The Morgan fingerprint density at radius 3 is 2.74 bits per heavy atom. The van der Waals surface area contributed by atoms with Gasteiger partial charge in [0.25, 0.3) is 0 Å². The largest absolute Gasteiger partial charge is 0.379 e. The van der Waals surface area contributed by atoms with Crippen LogP contribution in [0.5, 0.6) is 0 Å². The number of amidine groups is 1. The predicted molar refractivity (Wildman–Crippen MR) is 91.0 cm³/mol. The summed E-state index contributed by atoms with van der Waals surface area (Å²) in [6.45, 7) is 5.03. The molecule has 1 rings (SSSR count). The number of thioether (sulfide) groups is 2. The van der Waals surface area contributed by atoms with Crippen LogP contribution in [-0.4, -0.2) is 23.2 Å². The Labute approximate surface area is 133 Å². The lowest BCUT2D eigenvalue weighted by Gasteiger charge is -2.05. The lowest BCUT2D eigenvalue weighted by molar-refractivity contribution is 0.666. The summed E-state index contributed by atoms with van der Waals surface area (Å²) in [5.41, 5.74) is 5.81. The van der Waals surface area contributed by atoms with Crippen LogP contribution >= 0.6 is 46.7 Å². The van der Waals surface area contributed by atoms with E-state index in [9.17, 15) is 0 Å². The monoisotopic (exact) mass is 336 g/mol. The van der Waals surface area contributed by atoms with Gasteiger partial charge in [-0.3, -0.25) is 4.99 Å². The van der Waals surface area contributed by atoms with Crippen molar-refractivity contribution in [1.29, 1.82) is 0 Å². The minimum Gasteiger partial charge on any atom is -0.379 e. The minimum atomic E-state index is 0.541. The molecule has 0 fully saturated rings. The van der Waals surface area contributed by atoms with Gasteiger partial charge in [0.2, 0.25) is 0 Å². The number of benzene rings is 1. The van der Waals surface area contributed by atoms with Gasteiger partial charge in [-0.1, -0.05) is 48.8 Å². The molecule has 0 aliphatic heterocycles. The summed E-state index contributed by atoms with van der Waals surface area (Å²) in [7, 11) is 0. The lowest BCUT2D eigenvalue weighted by atomic mass is 10.2. The molecule has 0 radical (unpaired) electrons. The standard InChI is InChI=1S/C13H18Cl2N2S2/c1-9(2)8-17-13(16)19-6-5-18-12-7-10(14)3-4-11(12)15/h3-4,7,9H,5-6,8H2,1-2H3,(H2,16,17). The highest BCUT2D eigenvalue weighted by molar-refractivity contribution is 8.14. The molecule has 0 aliphatic carbocycles. The fourth-order valence-electron chi connectivity index (χ4n) is 1.20. The Balaban J connectivity index is 2.31. The summed E-state index contributed by atoms with van der Waals surface area (Å²) in [6.07, 6.45) is 0. The van der Waals surface area contributed by atoms with Crippen molar-refractivity contribution < 1.29 is 0 Å².